The van der Waals surface area contributed by atoms with Crippen LogP contribution in [0.5, 0.6) is 0 Å². The van der Waals surface area contributed by atoms with E-state index >= 15 is 0 Å². The highest BCUT2D eigenvalue weighted by Gasteiger charge is 2.23. The lowest BCUT2D eigenvalue weighted by molar-refractivity contribution is 0.0151. The van der Waals surface area contributed by atoms with Gasteiger partial charge in [-0.2, -0.15) is 0 Å². The maximum absolute atomic E-state index is 5.36. The van der Waals surface area contributed by atoms with E-state index in [0.717, 1.165) is 13.2 Å². The molecule has 158 valence electrons. The predicted octanol–water partition coefficient (Wildman–Crippen LogP) is 7.94. The lowest BCUT2D eigenvalue weighted by Crippen LogP contribution is -2.28. The van der Waals surface area contributed by atoms with Crippen molar-refractivity contribution in [2.24, 2.45) is 5.41 Å². The molecule has 0 saturated carbocycles. The standard InChI is InChI=1S/C24H50O2/c1-5-6-7-8-9-10-11-12-13-14-15-16-17-18-19-20-21-24(2,22-25-3)23-26-4/h5-23H2,1-4H3. The van der Waals surface area contributed by atoms with E-state index in [1.54, 1.807) is 14.2 Å². The molecule has 26 heavy (non-hydrogen) atoms. The third-order valence-corrected chi connectivity index (χ3v) is 5.62. The Morgan fingerprint density at radius 1 is 0.500 bits per heavy atom. The summed E-state index contributed by atoms with van der Waals surface area (Å²) in [5, 5.41) is 0. The molecule has 0 aromatic carbocycles. The second-order valence-electron chi connectivity index (χ2n) is 8.73. The summed E-state index contributed by atoms with van der Waals surface area (Å²) < 4.78 is 10.7. The molecule has 0 fully saturated rings. The Bertz CT molecular complexity index is 259. The van der Waals surface area contributed by atoms with Crippen LogP contribution in [-0.4, -0.2) is 27.4 Å². The van der Waals surface area contributed by atoms with Crippen molar-refractivity contribution >= 4 is 0 Å². The van der Waals surface area contributed by atoms with Gasteiger partial charge in [-0.15, -0.1) is 0 Å². The van der Waals surface area contributed by atoms with Crippen molar-refractivity contribution in [1.82, 2.24) is 0 Å². The SMILES string of the molecule is CCCCCCCCCCCCCCCCCCC(C)(COC)COC. The summed E-state index contributed by atoms with van der Waals surface area (Å²) in [5.41, 5.74) is 0.194. The van der Waals surface area contributed by atoms with E-state index in [4.69, 9.17) is 9.47 Å². The van der Waals surface area contributed by atoms with Crippen LogP contribution in [-0.2, 0) is 9.47 Å². The molecule has 0 saturated heterocycles. The minimum Gasteiger partial charge on any atom is -0.384 e. The molecule has 0 amide bonds. The fourth-order valence-electron chi connectivity index (χ4n) is 3.98. The Morgan fingerprint density at radius 2 is 0.808 bits per heavy atom. The summed E-state index contributed by atoms with van der Waals surface area (Å²) >= 11 is 0. The van der Waals surface area contributed by atoms with Crippen LogP contribution in [0.1, 0.15) is 123 Å². The first kappa shape index (κ1) is 25.9. The molecule has 0 spiro atoms. The number of ether oxygens (including phenoxy) is 2. The van der Waals surface area contributed by atoms with Crippen molar-refractivity contribution in [2.75, 3.05) is 27.4 Å². The summed E-state index contributed by atoms with van der Waals surface area (Å²) in [6.45, 7) is 6.19. The van der Waals surface area contributed by atoms with E-state index < -0.39 is 0 Å². The molecule has 0 aromatic rings. The highest BCUT2D eigenvalue weighted by molar-refractivity contribution is 4.73. The van der Waals surface area contributed by atoms with Gasteiger partial charge in [-0.3, -0.25) is 0 Å². The van der Waals surface area contributed by atoms with Crippen LogP contribution < -0.4 is 0 Å². The maximum Gasteiger partial charge on any atom is 0.0538 e. The summed E-state index contributed by atoms with van der Waals surface area (Å²) in [5.74, 6) is 0. The largest absolute Gasteiger partial charge is 0.384 e. The molecule has 0 heterocycles. The van der Waals surface area contributed by atoms with Crippen LogP contribution in [0.25, 0.3) is 0 Å². The monoisotopic (exact) mass is 370 g/mol. The summed E-state index contributed by atoms with van der Waals surface area (Å²) in [6, 6.07) is 0. The van der Waals surface area contributed by atoms with Crippen LogP contribution in [0, 0.1) is 5.41 Å². The second-order valence-corrected chi connectivity index (χ2v) is 8.73. The fraction of sp³-hybridized carbons (Fsp3) is 1.00. The molecule has 0 aliphatic carbocycles. The molecule has 0 N–H and O–H groups in total. The number of unbranched alkanes of at least 4 members (excludes halogenated alkanes) is 15. The van der Waals surface area contributed by atoms with Crippen LogP contribution in [0.15, 0.2) is 0 Å². The smallest absolute Gasteiger partial charge is 0.0538 e. The van der Waals surface area contributed by atoms with Gasteiger partial charge in [0, 0.05) is 19.6 Å². The number of hydrogen-bond donors (Lipinski definition) is 0. The first-order valence-corrected chi connectivity index (χ1v) is 11.7. The molecule has 2 nitrogen and oxygen atoms in total. The van der Waals surface area contributed by atoms with Gasteiger partial charge in [-0.05, 0) is 6.42 Å². The lowest BCUT2D eigenvalue weighted by Gasteiger charge is -2.27. The van der Waals surface area contributed by atoms with E-state index in [2.05, 4.69) is 13.8 Å². The van der Waals surface area contributed by atoms with Gasteiger partial charge in [-0.25, -0.2) is 0 Å². The van der Waals surface area contributed by atoms with Crippen LogP contribution >= 0.6 is 0 Å². The fourth-order valence-corrected chi connectivity index (χ4v) is 3.98. The molecule has 0 bridgehead atoms. The van der Waals surface area contributed by atoms with Crippen LogP contribution in [0.2, 0.25) is 0 Å². The summed E-state index contributed by atoms with van der Waals surface area (Å²) in [6.07, 6.45) is 24.1. The van der Waals surface area contributed by atoms with Crippen molar-refractivity contribution in [3.8, 4) is 0 Å². The molecule has 0 rings (SSSR count). The van der Waals surface area contributed by atoms with Gasteiger partial charge in [0.25, 0.3) is 0 Å². The average Bonchev–Trinajstić information content (AvgIpc) is 2.62. The minimum atomic E-state index is 0.194. The van der Waals surface area contributed by atoms with Crippen molar-refractivity contribution in [3.05, 3.63) is 0 Å². The molecule has 2 heteroatoms. The van der Waals surface area contributed by atoms with E-state index in [1.807, 2.05) is 0 Å². The van der Waals surface area contributed by atoms with Crippen molar-refractivity contribution in [1.29, 1.82) is 0 Å². The molecule has 0 aromatic heterocycles. The van der Waals surface area contributed by atoms with Crippen molar-refractivity contribution < 1.29 is 9.47 Å². The van der Waals surface area contributed by atoms with Crippen LogP contribution in [0.3, 0.4) is 0 Å². The zero-order chi connectivity index (χ0) is 19.3. The normalized spacial score (nSPS) is 12.0. The molecule has 0 unspecified atom stereocenters. The number of hydrogen-bond acceptors (Lipinski definition) is 2. The Kier molecular flexibility index (Phi) is 19.6. The Hall–Kier alpha value is -0.0800. The zero-order valence-corrected chi connectivity index (χ0v) is 18.8. The topological polar surface area (TPSA) is 18.5 Å². The summed E-state index contributed by atoms with van der Waals surface area (Å²) in [4.78, 5) is 0. The van der Waals surface area contributed by atoms with Gasteiger partial charge in [0.05, 0.1) is 13.2 Å². The second kappa shape index (κ2) is 19.7. The quantitative estimate of drug-likeness (QED) is 0.191. The Morgan fingerprint density at radius 3 is 1.12 bits per heavy atom. The minimum absolute atomic E-state index is 0.194. The Labute approximate surface area is 165 Å². The number of methoxy groups -OCH3 is 2. The average molecular weight is 371 g/mol. The van der Waals surface area contributed by atoms with E-state index in [0.29, 0.717) is 0 Å². The Balaban J connectivity index is 3.26. The molecule has 0 radical (unpaired) electrons. The summed E-state index contributed by atoms with van der Waals surface area (Å²) in [7, 11) is 3.59. The zero-order valence-electron chi connectivity index (χ0n) is 18.8. The van der Waals surface area contributed by atoms with E-state index in [1.165, 1.54) is 109 Å². The number of rotatable bonds is 21. The highest BCUT2D eigenvalue weighted by atomic mass is 16.5. The van der Waals surface area contributed by atoms with Crippen molar-refractivity contribution in [3.63, 3.8) is 0 Å². The van der Waals surface area contributed by atoms with Gasteiger partial charge in [0.15, 0.2) is 0 Å². The van der Waals surface area contributed by atoms with Gasteiger partial charge < -0.3 is 9.47 Å². The highest BCUT2D eigenvalue weighted by Crippen LogP contribution is 2.25. The van der Waals surface area contributed by atoms with E-state index in [-0.39, 0.29) is 5.41 Å². The molecule has 0 aliphatic heterocycles. The molecular formula is C24H50O2. The predicted molar refractivity (Wildman–Crippen MR) is 116 cm³/mol. The third-order valence-electron chi connectivity index (χ3n) is 5.62. The molecular weight excluding hydrogens is 320 g/mol. The lowest BCUT2D eigenvalue weighted by atomic mass is 9.86. The van der Waals surface area contributed by atoms with Gasteiger partial charge in [0.2, 0.25) is 0 Å². The molecule has 0 aliphatic rings. The van der Waals surface area contributed by atoms with Gasteiger partial charge >= 0.3 is 0 Å². The third kappa shape index (κ3) is 17.3. The first-order chi connectivity index (χ1) is 12.7. The van der Waals surface area contributed by atoms with Crippen molar-refractivity contribution in [2.45, 2.75) is 123 Å². The van der Waals surface area contributed by atoms with E-state index in [9.17, 15) is 0 Å². The van der Waals surface area contributed by atoms with Gasteiger partial charge in [0.1, 0.15) is 0 Å². The van der Waals surface area contributed by atoms with Crippen LogP contribution in [0.4, 0.5) is 0 Å². The maximum atomic E-state index is 5.36. The molecule has 0 atom stereocenters. The van der Waals surface area contributed by atoms with Gasteiger partial charge in [-0.1, -0.05) is 117 Å². The first-order valence-electron chi connectivity index (χ1n) is 11.7.